The third-order valence-corrected chi connectivity index (χ3v) is 4.51. The van der Waals surface area contributed by atoms with Gasteiger partial charge >= 0.3 is 0 Å². The summed E-state index contributed by atoms with van der Waals surface area (Å²) in [5.74, 6) is 0. The first-order chi connectivity index (χ1) is 4.72. The molecule has 0 spiro atoms. The van der Waals surface area contributed by atoms with E-state index in [-0.39, 0.29) is 21.1 Å². The molecule has 0 fully saturated rings. The van der Waals surface area contributed by atoms with Crippen LogP contribution in [-0.4, -0.2) is 41.4 Å². The van der Waals surface area contributed by atoms with Crippen molar-refractivity contribution >= 4 is 7.92 Å². The molecule has 62 valence electrons. The molecule has 0 atom stereocenters. The third-order valence-electron chi connectivity index (χ3n) is 1.50. The second-order valence-corrected chi connectivity index (χ2v) is 5.68. The molecular formula is C7H17O2P. The van der Waals surface area contributed by atoms with E-state index in [2.05, 4.69) is 13.8 Å². The van der Waals surface area contributed by atoms with Gasteiger partial charge in [0.05, 0.1) is 0 Å². The fourth-order valence-electron chi connectivity index (χ4n) is 0.885. The molecule has 0 aliphatic carbocycles. The normalized spacial score (nSPS) is 11.4. The lowest BCUT2D eigenvalue weighted by Gasteiger charge is -2.18. The molecule has 2 nitrogen and oxygen atoms in total. The quantitative estimate of drug-likeness (QED) is 0.592. The first kappa shape index (κ1) is 10.3. The Morgan fingerprint density at radius 2 is 1.50 bits per heavy atom. The van der Waals surface area contributed by atoms with Crippen molar-refractivity contribution in [1.29, 1.82) is 0 Å². The molecule has 0 aromatic heterocycles. The van der Waals surface area contributed by atoms with Crippen LogP contribution in [0.5, 0.6) is 0 Å². The second-order valence-electron chi connectivity index (χ2n) is 2.58. The Balaban J connectivity index is 3.50. The van der Waals surface area contributed by atoms with E-state index >= 15 is 0 Å². The third kappa shape index (κ3) is 4.21. The zero-order valence-corrected chi connectivity index (χ0v) is 7.64. The SMILES string of the molecule is CC(C)P(CCO)CCO. The summed E-state index contributed by atoms with van der Waals surface area (Å²) < 4.78 is 0. The summed E-state index contributed by atoms with van der Waals surface area (Å²) in [4.78, 5) is 0. The van der Waals surface area contributed by atoms with Crippen molar-refractivity contribution in [2.24, 2.45) is 0 Å². The van der Waals surface area contributed by atoms with Crippen LogP contribution in [0.25, 0.3) is 0 Å². The Morgan fingerprint density at radius 3 is 1.70 bits per heavy atom. The lowest BCUT2D eigenvalue weighted by atomic mass is 10.6. The van der Waals surface area contributed by atoms with Crippen molar-refractivity contribution in [3.8, 4) is 0 Å². The minimum Gasteiger partial charge on any atom is -0.396 e. The van der Waals surface area contributed by atoms with Crippen LogP contribution in [0.15, 0.2) is 0 Å². The number of aliphatic hydroxyl groups excluding tert-OH is 2. The maximum atomic E-state index is 8.65. The molecule has 0 radical (unpaired) electrons. The molecule has 0 aliphatic heterocycles. The van der Waals surface area contributed by atoms with Crippen LogP contribution in [0.2, 0.25) is 0 Å². The molecular weight excluding hydrogens is 147 g/mol. The Morgan fingerprint density at radius 1 is 1.10 bits per heavy atom. The largest absolute Gasteiger partial charge is 0.396 e. The molecule has 0 aromatic rings. The van der Waals surface area contributed by atoms with Gasteiger partial charge in [-0.15, -0.1) is 0 Å². The number of hydrogen-bond donors (Lipinski definition) is 2. The molecule has 0 rings (SSSR count). The highest BCUT2D eigenvalue weighted by molar-refractivity contribution is 7.58. The van der Waals surface area contributed by atoms with Gasteiger partial charge in [0, 0.05) is 13.2 Å². The van der Waals surface area contributed by atoms with Crippen molar-refractivity contribution < 1.29 is 10.2 Å². The van der Waals surface area contributed by atoms with Crippen molar-refractivity contribution in [1.82, 2.24) is 0 Å². The van der Waals surface area contributed by atoms with Crippen LogP contribution >= 0.6 is 7.92 Å². The van der Waals surface area contributed by atoms with Crippen LogP contribution in [0.4, 0.5) is 0 Å². The smallest absolute Gasteiger partial charge is 0.0470 e. The maximum Gasteiger partial charge on any atom is 0.0470 e. The van der Waals surface area contributed by atoms with E-state index < -0.39 is 0 Å². The molecule has 3 heteroatoms. The average molecular weight is 164 g/mol. The highest BCUT2D eigenvalue weighted by Gasteiger charge is 2.09. The van der Waals surface area contributed by atoms with Crippen molar-refractivity contribution in [2.45, 2.75) is 19.5 Å². The van der Waals surface area contributed by atoms with Crippen molar-refractivity contribution in [2.75, 3.05) is 25.5 Å². The summed E-state index contributed by atoms with van der Waals surface area (Å²) in [5, 5.41) is 17.3. The highest BCUT2D eigenvalue weighted by Crippen LogP contribution is 2.39. The van der Waals surface area contributed by atoms with E-state index in [1.807, 2.05) is 0 Å². The van der Waals surface area contributed by atoms with Gasteiger partial charge < -0.3 is 10.2 Å². The molecule has 0 aromatic carbocycles. The number of rotatable bonds is 5. The Hall–Kier alpha value is 0.350. The van der Waals surface area contributed by atoms with E-state index in [1.54, 1.807) is 0 Å². The topological polar surface area (TPSA) is 40.5 Å². The number of hydrogen-bond acceptors (Lipinski definition) is 2. The van der Waals surface area contributed by atoms with Crippen LogP contribution in [0.3, 0.4) is 0 Å². The minimum absolute atomic E-state index is 0.120. The van der Waals surface area contributed by atoms with Gasteiger partial charge in [0.1, 0.15) is 0 Å². The zero-order chi connectivity index (χ0) is 7.98. The Bertz CT molecular complexity index is 70.0. The molecule has 0 bridgehead atoms. The Kier molecular flexibility index (Phi) is 6.30. The summed E-state index contributed by atoms with van der Waals surface area (Å²) in [7, 11) is -0.120. The van der Waals surface area contributed by atoms with E-state index in [4.69, 9.17) is 10.2 Å². The number of aliphatic hydroxyl groups is 2. The van der Waals surface area contributed by atoms with E-state index in [1.165, 1.54) is 0 Å². The first-order valence-corrected chi connectivity index (χ1v) is 5.46. The van der Waals surface area contributed by atoms with Gasteiger partial charge in [-0.2, -0.15) is 0 Å². The standard InChI is InChI=1S/C7H17O2P/c1-7(2)10(5-3-8)6-4-9/h7-9H,3-6H2,1-2H3. The van der Waals surface area contributed by atoms with Gasteiger partial charge in [0.15, 0.2) is 0 Å². The van der Waals surface area contributed by atoms with E-state index in [0.29, 0.717) is 5.66 Å². The minimum atomic E-state index is -0.120. The van der Waals surface area contributed by atoms with Crippen LogP contribution in [0.1, 0.15) is 13.8 Å². The molecule has 2 N–H and O–H groups in total. The van der Waals surface area contributed by atoms with Crippen LogP contribution in [-0.2, 0) is 0 Å². The van der Waals surface area contributed by atoms with Gasteiger partial charge in [0.2, 0.25) is 0 Å². The fraction of sp³-hybridized carbons (Fsp3) is 1.00. The van der Waals surface area contributed by atoms with E-state index in [0.717, 1.165) is 12.3 Å². The monoisotopic (exact) mass is 164 g/mol. The average Bonchev–Trinajstić information content (AvgIpc) is 1.87. The summed E-state index contributed by atoms with van der Waals surface area (Å²) in [6.07, 6.45) is 1.76. The van der Waals surface area contributed by atoms with Gasteiger partial charge in [-0.1, -0.05) is 21.8 Å². The Labute approximate surface area is 64.0 Å². The van der Waals surface area contributed by atoms with Gasteiger partial charge in [-0.25, -0.2) is 0 Å². The molecule has 0 saturated heterocycles. The maximum absolute atomic E-state index is 8.65. The predicted octanol–water partition coefficient (Wildman–Crippen LogP) is 0.861. The van der Waals surface area contributed by atoms with Gasteiger partial charge in [-0.05, 0) is 18.0 Å². The highest BCUT2D eigenvalue weighted by atomic mass is 31.1. The van der Waals surface area contributed by atoms with E-state index in [9.17, 15) is 0 Å². The van der Waals surface area contributed by atoms with Crippen LogP contribution < -0.4 is 0 Å². The summed E-state index contributed by atoms with van der Waals surface area (Å²) in [6.45, 7) is 4.84. The molecule has 0 amide bonds. The van der Waals surface area contributed by atoms with Gasteiger partial charge in [-0.3, -0.25) is 0 Å². The van der Waals surface area contributed by atoms with Gasteiger partial charge in [0.25, 0.3) is 0 Å². The molecule has 0 unspecified atom stereocenters. The van der Waals surface area contributed by atoms with Crippen molar-refractivity contribution in [3.63, 3.8) is 0 Å². The lowest BCUT2D eigenvalue weighted by molar-refractivity contribution is 0.315. The lowest BCUT2D eigenvalue weighted by Crippen LogP contribution is -2.06. The fourth-order valence-corrected chi connectivity index (χ4v) is 2.66. The first-order valence-electron chi connectivity index (χ1n) is 3.68. The molecule has 0 saturated carbocycles. The predicted molar refractivity (Wildman–Crippen MR) is 46.0 cm³/mol. The molecule has 0 aliphatic rings. The zero-order valence-electron chi connectivity index (χ0n) is 6.75. The molecule has 10 heavy (non-hydrogen) atoms. The summed E-state index contributed by atoms with van der Waals surface area (Å²) >= 11 is 0. The van der Waals surface area contributed by atoms with Crippen LogP contribution in [0, 0.1) is 0 Å². The second kappa shape index (κ2) is 6.09. The molecule has 0 heterocycles. The summed E-state index contributed by atoms with van der Waals surface area (Å²) in [5.41, 5.74) is 0.634. The van der Waals surface area contributed by atoms with Crippen molar-refractivity contribution in [3.05, 3.63) is 0 Å². The summed E-state index contributed by atoms with van der Waals surface area (Å²) in [6, 6.07) is 0.